The van der Waals surface area contributed by atoms with Crippen LogP contribution in [0.5, 0.6) is 0 Å². The summed E-state index contributed by atoms with van der Waals surface area (Å²) in [5.74, 6) is -5.24. The van der Waals surface area contributed by atoms with Gasteiger partial charge in [0.1, 0.15) is 25.1 Å². The zero-order valence-electron chi connectivity index (χ0n) is 18.0. The number of rotatable bonds is 20. The van der Waals surface area contributed by atoms with Gasteiger partial charge in [-0.05, 0) is 6.42 Å². The van der Waals surface area contributed by atoms with Crippen LogP contribution in [-0.4, -0.2) is 128 Å². The van der Waals surface area contributed by atoms with Gasteiger partial charge in [-0.3, -0.25) is 43.0 Å². The van der Waals surface area contributed by atoms with Crippen molar-refractivity contribution < 1.29 is 58.4 Å². The Morgan fingerprint density at radius 2 is 1.33 bits per heavy atom. The molecule has 0 aliphatic carbocycles. The van der Waals surface area contributed by atoms with E-state index in [1.54, 1.807) is 6.92 Å². The van der Waals surface area contributed by atoms with Gasteiger partial charge in [0.05, 0.1) is 13.1 Å². The average molecular weight is 499 g/mol. The molecule has 0 aliphatic heterocycles. The van der Waals surface area contributed by atoms with E-state index in [-0.39, 0.29) is 32.6 Å². The van der Waals surface area contributed by atoms with Gasteiger partial charge in [-0.15, -0.1) is 0 Å². The van der Waals surface area contributed by atoms with E-state index >= 15 is 0 Å². The number of carboxylic acids is 4. The maximum absolute atomic E-state index is 11.4. The monoisotopic (exact) mass is 499 g/mol. The topological polar surface area (TPSA) is 223 Å². The molecular formula is C17H30N3O12P. The van der Waals surface area contributed by atoms with Crippen LogP contribution in [0.15, 0.2) is 0 Å². The fourth-order valence-corrected chi connectivity index (χ4v) is 3.34. The zero-order chi connectivity index (χ0) is 25.6. The van der Waals surface area contributed by atoms with Gasteiger partial charge in [0, 0.05) is 32.6 Å². The van der Waals surface area contributed by atoms with Crippen molar-refractivity contribution in [2.45, 2.75) is 31.8 Å². The number of carbonyl (C=O) groups excluding carboxylic acids is 1. The molecule has 0 aromatic carbocycles. The molecule has 0 amide bonds. The highest BCUT2D eigenvalue weighted by atomic mass is 31.1. The molecule has 2 unspecified atom stereocenters. The first-order chi connectivity index (χ1) is 15.4. The molecule has 0 aromatic heterocycles. The second kappa shape index (κ2) is 16.2. The summed E-state index contributed by atoms with van der Waals surface area (Å²) in [6.45, 7) is -0.570. The summed E-state index contributed by atoms with van der Waals surface area (Å²) in [7, 11) is -3.36. The summed E-state index contributed by atoms with van der Waals surface area (Å²) in [5.41, 5.74) is 0. The summed E-state index contributed by atoms with van der Waals surface area (Å²) in [5, 5.41) is 36.8. The Hall–Kier alpha value is -2.42. The minimum atomic E-state index is -3.36. The van der Waals surface area contributed by atoms with E-state index in [0.29, 0.717) is 6.29 Å². The van der Waals surface area contributed by atoms with Crippen molar-refractivity contribution >= 4 is 38.4 Å². The molecule has 16 heteroatoms. The predicted octanol–water partition coefficient (Wildman–Crippen LogP) is -1.68. The minimum absolute atomic E-state index is 0.0431. The Kier molecular flexibility index (Phi) is 15.0. The highest BCUT2D eigenvalue weighted by Gasteiger charge is 2.29. The van der Waals surface area contributed by atoms with Gasteiger partial charge >= 0.3 is 32.1 Å². The van der Waals surface area contributed by atoms with E-state index < -0.39 is 70.5 Å². The Balaban J connectivity index is 5.48. The molecule has 0 rings (SSSR count). The van der Waals surface area contributed by atoms with Gasteiger partial charge in [0.2, 0.25) is 0 Å². The first-order valence-corrected chi connectivity index (χ1v) is 11.1. The van der Waals surface area contributed by atoms with Crippen LogP contribution in [0.4, 0.5) is 0 Å². The van der Waals surface area contributed by atoms with Crippen LogP contribution in [0.2, 0.25) is 0 Å². The van der Waals surface area contributed by atoms with E-state index in [2.05, 4.69) is 4.52 Å². The molecule has 5 N–H and O–H groups in total. The fraction of sp³-hybridized carbons (Fsp3) is 0.706. The smallest absolute Gasteiger partial charge is 0.321 e. The molecule has 0 heterocycles. The van der Waals surface area contributed by atoms with Crippen molar-refractivity contribution in [3.63, 3.8) is 0 Å². The lowest BCUT2D eigenvalue weighted by Crippen LogP contribution is -2.50. The quantitative estimate of drug-likeness (QED) is 0.0717. The molecule has 33 heavy (non-hydrogen) atoms. The van der Waals surface area contributed by atoms with E-state index in [1.165, 1.54) is 9.80 Å². The highest BCUT2D eigenvalue weighted by Crippen LogP contribution is 2.15. The number of hydrogen-bond donors (Lipinski definition) is 5. The predicted molar refractivity (Wildman–Crippen MR) is 111 cm³/mol. The molecule has 0 saturated heterocycles. The molecule has 0 aromatic rings. The van der Waals surface area contributed by atoms with Gasteiger partial charge < -0.3 is 30.1 Å². The Labute approximate surface area is 190 Å². The van der Waals surface area contributed by atoms with E-state index in [0.717, 1.165) is 4.90 Å². The van der Waals surface area contributed by atoms with Crippen LogP contribution >= 0.6 is 8.25 Å². The van der Waals surface area contributed by atoms with Crippen LogP contribution in [0, 0.1) is 0 Å². The van der Waals surface area contributed by atoms with Crippen molar-refractivity contribution in [2.75, 3.05) is 46.0 Å². The molecule has 15 nitrogen and oxygen atoms in total. The maximum Gasteiger partial charge on any atom is 0.321 e. The second-order valence-corrected chi connectivity index (χ2v) is 7.72. The summed E-state index contributed by atoms with van der Waals surface area (Å²) >= 11 is 0. The van der Waals surface area contributed by atoms with Crippen molar-refractivity contribution in [3.8, 4) is 0 Å². The molecular weight excluding hydrogens is 469 g/mol. The summed E-state index contributed by atoms with van der Waals surface area (Å²) in [6.07, 6.45) is -0.0124. The van der Waals surface area contributed by atoms with Crippen molar-refractivity contribution in [1.82, 2.24) is 14.7 Å². The molecule has 0 bridgehead atoms. The molecule has 3 atom stereocenters. The van der Waals surface area contributed by atoms with Crippen LogP contribution < -0.4 is 0 Å². The average Bonchev–Trinajstić information content (AvgIpc) is 2.69. The third-order valence-electron chi connectivity index (χ3n) is 4.61. The van der Waals surface area contributed by atoms with Crippen LogP contribution in [0.1, 0.15) is 19.8 Å². The number of nitrogens with zero attached hydrogens (tertiary/aromatic N) is 3. The maximum atomic E-state index is 11.4. The van der Waals surface area contributed by atoms with Gasteiger partial charge in [-0.25, -0.2) is 0 Å². The molecule has 0 aliphatic rings. The lowest BCUT2D eigenvalue weighted by Gasteiger charge is -2.32. The molecule has 190 valence electrons. The normalized spacial score (nSPS) is 14.2. The lowest BCUT2D eigenvalue weighted by molar-refractivity contribution is -0.148. The second-order valence-electron chi connectivity index (χ2n) is 6.90. The molecule has 0 radical (unpaired) electrons. The largest absolute Gasteiger partial charge is 0.480 e. The van der Waals surface area contributed by atoms with E-state index in [1.807, 2.05) is 0 Å². The molecule has 0 spiro atoms. The van der Waals surface area contributed by atoms with Gasteiger partial charge in [-0.2, -0.15) is 0 Å². The van der Waals surface area contributed by atoms with Gasteiger partial charge in [0.25, 0.3) is 0 Å². The van der Waals surface area contributed by atoms with Crippen molar-refractivity contribution in [2.24, 2.45) is 0 Å². The number of carboxylic acid groups (broad SMARTS) is 4. The summed E-state index contributed by atoms with van der Waals surface area (Å²) < 4.78 is 15.7. The number of aldehydes is 1. The van der Waals surface area contributed by atoms with Crippen LogP contribution in [0.3, 0.4) is 0 Å². The van der Waals surface area contributed by atoms with E-state index in [9.17, 15) is 38.8 Å². The first-order valence-electron chi connectivity index (χ1n) is 9.81. The Bertz CT molecular complexity index is 707. The lowest BCUT2D eigenvalue weighted by atomic mass is 10.2. The fourth-order valence-electron chi connectivity index (χ4n) is 3.05. The molecule has 0 fully saturated rings. The number of hydrogen-bond acceptors (Lipinski definition) is 10. The van der Waals surface area contributed by atoms with Crippen LogP contribution in [-0.2, 0) is 33.1 Å². The van der Waals surface area contributed by atoms with Crippen molar-refractivity contribution in [3.05, 3.63) is 0 Å². The number of carbonyl (C=O) groups is 5. The zero-order valence-corrected chi connectivity index (χ0v) is 19.0. The minimum Gasteiger partial charge on any atom is -0.480 e. The van der Waals surface area contributed by atoms with Gasteiger partial charge in [-0.1, -0.05) is 6.92 Å². The highest BCUT2D eigenvalue weighted by molar-refractivity contribution is 7.32. The summed E-state index contributed by atoms with van der Waals surface area (Å²) in [4.78, 5) is 68.5. The standard InChI is InChI=1S/C17H30N3O12P/c1-2-12(16(26)27)19(9-14(22)23)6-4-18(11-32-33(30)31)5-7-20(10-15(24)25)13(3-8-21)17(28)29/h8,12-13,33H,2-7,9-11H2,1H3,(H,22,23)(H,24,25)(H,26,27)(H,28,29)(H,30,31)/t12?,13-/m0/s1. The Morgan fingerprint density at radius 3 is 1.67 bits per heavy atom. The number of aliphatic carboxylic acids is 4. The third-order valence-corrected chi connectivity index (χ3v) is 4.99. The molecule has 0 saturated carbocycles. The van der Waals surface area contributed by atoms with Crippen LogP contribution in [0.25, 0.3) is 0 Å². The Morgan fingerprint density at radius 1 is 0.879 bits per heavy atom. The SMILES string of the molecule is CCC(C(=O)O)N(CCN(CCN(CC(=O)O)[C@@H](CC=O)C(=O)O)CO[PH](=O)O)CC(=O)O. The summed E-state index contributed by atoms with van der Waals surface area (Å²) in [6, 6.07) is -2.52. The third kappa shape index (κ3) is 13.0. The van der Waals surface area contributed by atoms with E-state index in [4.69, 9.17) is 15.1 Å². The first kappa shape index (κ1) is 30.6. The van der Waals surface area contributed by atoms with Gasteiger partial charge in [0.15, 0.2) is 0 Å². The van der Waals surface area contributed by atoms with Crippen molar-refractivity contribution in [1.29, 1.82) is 0 Å².